The van der Waals surface area contributed by atoms with E-state index < -0.39 is 40.2 Å². The van der Waals surface area contributed by atoms with Crippen LogP contribution < -0.4 is 9.62 Å². The Morgan fingerprint density at radius 1 is 1.10 bits per heavy atom. The van der Waals surface area contributed by atoms with Gasteiger partial charge in [-0.3, -0.25) is 13.9 Å². The summed E-state index contributed by atoms with van der Waals surface area (Å²) in [5.41, 5.74) is 0.863. The largest absolute Gasteiger partial charge is 0.357 e. The molecule has 0 radical (unpaired) electrons. The first kappa shape index (κ1) is 23.6. The van der Waals surface area contributed by atoms with E-state index in [1.165, 1.54) is 24.1 Å². The molecular formula is C20H23ClFN3O4S. The summed E-state index contributed by atoms with van der Waals surface area (Å²) in [6.45, 7) is 1.08. The Morgan fingerprint density at radius 2 is 1.67 bits per heavy atom. The maximum absolute atomic E-state index is 13.2. The molecule has 7 nitrogen and oxygen atoms in total. The highest BCUT2D eigenvalue weighted by Crippen LogP contribution is 2.20. The number of nitrogens with zero attached hydrogens (tertiary/aromatic N) is 2. The van der Waals surface area contributed by atoms with Crippen LogP contribution in [0.25, 0.3) is 0 Å². The monoisotopic (exact) mass is 455 g/mol. The Kier molecular flexibility index (Phi) is 7.80. The van der Waals surface area contributed by atoms with Gasteiger partial charge in [-0.2, -0.15) is 0 Å². The minimum absolute atomic E-state index is 0.0750. The average molecular weight is 456 g/mol. The Bertz CT molecular complexity index is 998. The Hall–Kier alpha value is -2.65. The molecule has 2 amide bonds. The Morgan fingerprint density at radius 3 is 2.17 bits per heavy atom. The smallest absolute Gasteiger partial charge is 0.244 e. The standard InChI is InChI=1S/C20H23ClFN3O4S/c1-14(20(27)23-2)24(12-15-4-6-16(21)7-5-15)19(26)13-25(30(3,28)29)18-10-8-17(22)9-11-18/h4-11,14H,12-13H2,1-3H3,(H,23,27)/t14-/m1/s1. The highest BCUT2D eigenvalue weighted by Gasteiger charge is 2.29. The molecule has 2 aromatic carbocycles. The summed E-state index contributed by atoms with van der Waals surface area (Å²) in [5.74, 6) is -1.52. The predicted octanol–water partition coefficient (Wildman–Crippen LogP) is 2.41. The lowest BCUT2D eigenvalue weighted by molar-refractivity contribution is -0.139. The van der Waals surface area contributed by atoms with Crippen molar-refractivity contribution in [1.82, 2.24) is 10.2 Å². The van der Waals surface area contributed by atoms with Crippen LogP contribution >= 0.6 is 11.6 Å². The predicted molar refractivity (Wildman–Crippen MR) is 114 cm³/mol. The minimum Gasteiger partial charge on any atom is -0.357 e. The second-order valence-electron chi connectivity index (χ2n) is 6.68. The van der Waals surface area contributed by atoms with Gasteiger partial charge in [0.25, 0.3) is 0 Å². The molecule has 0 aromatic heterocycles. The van der Waals surface area contributed by atoms with E-state index in [1.54, 1.807) is 31.2 Å². The number of likely N-dealkylation sites (N-methyl/N-ethyl adjacent to an activating group) is 1. The molecule has 0 unspecified atom stereocenters. The van der Waals surface area contributed by atoms with E-state index in [0.717, 1.165) is 28.3 Å². The number of benzene rings is 2. The number of hydrogen-bond acceptors (Lipinski definition) is 4. The average Bonchev–Trinajstić information content (AvgIpc) is 2.70. The fourth-order valence-corrected chi connectivity index (χ4v) is 3.77. The molecule has 0 heterocycles. The first-order valence-corrected chi connectivity index (χ1v) is 11.2. The van der Waals surface area contributed by atoms with E-state index in [4.69, 9.17) is 11.6 Å². The number of halogens is 2. The summed E-state index contributed by atoms with van der Waals surface area (Å²) in [7, 11) is -2.39. The van der Waals surface area contributed by atoms with Crippen molar-refractivity contribution in [2.24, 2.45) is 0 Å². The third-order valence-electron chi connectivity index (χ3n) is 4.47. The van der Waals surface area contributed by atoms with Crippen molar-refractivity contribution in [2.75, 3.05) is 24.2 Å². The topological polar surface area (TPSA) is 86.8 Å². The van der Waals surface area contributed by atoms with Gasteiger partial charge in [0.1, 0.15) is 18.4 Å². The third kappa shape index (κ3) is 6.17. The summed E-state index contributed by atoms with van der Waals surface area (Å²) < 4.78 is 38.7. The summed E-state index contributed by atoms with van der Waals surface area (Å²) in [6, 6.07) is 10.7. The van der Waals surface area contributed by atoms with Crippen molar-refractivity contribution in [3.63, 3.8) is 0 Å². The summed E-state index contributed by atoms with van der Waals surface area (Å²) in [5, 5.41) is 3.01. The first-order valence-electron chi connectivity index (χ1n) is 9.01. The van der Waals surface area contributed by atoms with E-state index in [1.807, 2.05) is 0 Å². The van der Waals surface area contributed by atoms with Crippen molar-refractivity contribution < 1.29 is 22.4 Å². The number of rotatable bonds is 8. The lowest BCUT2D eigenvalue weighted by Crippen LogP contribution is -2.50. The number of carbonyl (C=O) groups excluding carboxylic acids is 2. The maximum atomic E-state index is 13.2. The summed E-state index contributed by atoms with van der Waals surface area (Å²) in [4.78, 5) is 26.6. The van der Waals surface area contributed by atoms with Gasteiger partial charge >= 0.3 is 0 Å². The van der Waals surface area contributed by atoms with Crippen molar-refractivity contribution in [1.29, 1.82) is 0 Å². The molecule has 0 spiro atoms. The van der Waals surface area contributed by atoms with Gasteiger partial charge in [0.15, 0.2) is 0 Å². The molecule has 1 atom stereocenters. The van der Waals surface area contributed by atoms with Gasteiger partial charge in [0.05, 0.1) is 11.9 Å². The number of amides is 2. The fraction of sp³-hybridized carbons (Fsp3) is 0.300. The SMILES string of the molecule is CNC(=O)[C@@H](C)N(Cc1ccc(Cl)cc1)C(=O)CN(c1ccc(F)cc1)S(C)(=O)=O. The lowest BCUT2D eigenvalue weighted by Gasteiger charge is -2.31. The van der Waals surface area contributed by atoms with Gasteiger partial charge in [-0.05, 0) is 48.9 Å². The van der Waals surface area contributed by atoms with Gasteiger partial charge in [-0.25, -0.2) is 12.8 Å². The van der Waals surface area contributed by atoms with Gasteiger partial charge in [-0.15, -0.1) is 0 Å². The van der Waals surface area contributed by atoms with Crippen LogP contribution in [-0.2, 0) is 26.2 Å². The first-order chi connectivity index (χ1) is 14.0. The maximum Gasteiger partial charge on any atom is 0.244 e. The van der Waals surface area contributed by atoms with Crippen LogP contribution in [0.1, 0.15) is 12.5 Å². The number of nitrogens with one attached hydrogen (secondary N) is 1. The van der Waals surface area contributed by atoms with Crippen LogP contribution in [0.2, 0.25) is 5.02 Å². The minimum atomic E-state index is -3.84. The van der Waals surface area contributed by atoms with Crippen LogP contribution in [0, 0.1) is 5.82 Å². The van der Waals surface area contributed by atoms with Crippen LogP contribution in [0.4, 0.5) is 10.1 Å². The van der Waals surface area contributed by atoms with E-state index in [2.05, 4.69) is 5.32 Å². The van der Waals surface area contributed by atoms with Crippen LogP contribution in [0.5, 0.6) is 0 Å². The van der Waals surface area contributed by atoms with Crippen molar-refractivity contribution in [3.05, 3.63) is 64.9 Å². The van der Waals surface area contributed by atoms with E-state index in [9.17, 15) is 22.4 Å². The third-order valence-corrected chi connectivity index (χ3v) is 5.87. The molecule has 0 aliphatic carbocycles. The summed E-state index contributed by atoms with van der Waals surface area (Å²) >= 11 is 5.90. The fourth-order valence-electron chi connectivity index (χ4n) is 2.80. The summed E-state index contributed by atoms with van der Waals surface area (Å²) in [6.07, 6.45) is 0.954. The van der Waals surface area contributed by atoms with Crippen molar-refractivity contribution in [2.45, 2.75) is 19.5 Å². The molecule has 10 heteroatoms. The molecule has 162 valence electrons. The molecule has 30 heavy (non-hydrogen) atoms. The number of hydrogen-bond donors (Lipinski definition) is 1. The number of sulfonamides is 1. The molecule has 0 saturated carbocycles. The molecule has 1 N–H and O–H groups in total. The second-order valence-corrected chi connectivity index (χ2v) is 9.03. The molecule has 2 rings (SSSR count). The van der Waals surface area contributed by atoms with Crippen molar-refractivity contribution in [3.8, 4) is 0 Å². The molecule has 0 fully saturated rings. The number of anilines is 1. The quantitative estimate of drug-likeness (QED) is 0.662. The highest BCUT2D eigenvalue weighted by molar-refractivity contribution is 7.92. The zero-order valence-corrected chi connectivity index (χ0v) is 18.4. The zero-order chi connectivity index (χ0) is 22.5. The van der Waals surface area contributed by atoms with Crippen LogP contribution in [0.15, 0.2) is 48.5 Å². The van der Waals surface area contributed by atoms with Crippen LogP contribution in [0.3, 0.4) is 0 Å². The zero-order valence-electron chi connectivity index (χ0n) is 16.8. The highest BCUT2D eigenvalue weighted by atomic mass is 35.5. The molecule has 0 aliphatic rings. The Labute approximate surface area is 180 Å². The normalized spacial score (nSPS) is 12.2. The van der Waals surface area contributed by atoms with Crippen molar-refractivity contribution >= 4 is 39.1 Å². The molecule has 0 bridgehead atoms. The van der Waals surface area contributed by atoms with Crippen LogP contribution in [-0.4, -0.2) is 51.0 Å². The second kappa shape index (κ2) is 9.90. The van der Waals surface area contributed by atoms with Gasteiger partial charge < -0.3 is 10.2 Å². The Balaban J connectivity index is 2.35. The molecule has 0 saturated heterocycles. The molecule has 2 aromatic rings. The number of carbonyl (C=O) groups is 2. The van der Waals surface area contributed by atoms with E-state index in [-0.39, 0.29) is 12.2 Å². The van der Waals surface area contributed by atoms with E-state index in [0.29, 0.717) is 5.02 Å². The van der Waals surface area contributed by atoms with Gasteiger partial charge in [-0.1, -0.05) is 23.7 Å². The molecular weight excluding hydrogens is 433 g/mol. The van der Waals surface area contributed by atoms with Gasteiger partial charge in [0, 0.05) is 18.6 Å². The molecule has 0 aliphatic heterocycles. The lowest BCUT2D eigenvalue weighted by atomic mass is 10.1. The van der Waals surface area contributed by atoms with Gasteiger partial charge in [0.2, 0.25) is 21.8 Å². The van der Waals surface area contributed by atoms with E-state index >= 15 is 0 Å².